The number of hydrogen-bond donors (Lipinski definition) is 1. The van der Waals surface area contributed by atoms with Crippen molar-refractivity contribution in [3.8, 4) is 0 Å². The molecule has 0 aliphatic heterocycles. The number of aryl methyl sites for hydroxylation is 1. The molecule has 0 aliphatic rings. The fraction of sp³-hybridized carbons (Fsp3) is 0.300. The van der Waals surface area contributed by atoms with E-state index in [1.54, 1.807) is 19.1 Å². The quantitative estimate of drug-likeness (QED) is 0.487. The molecule has 27 heavy (non-hydrogen) atoms. The van der Waals surface area contributed by atoms with Gasteiger partial charge in [-0.3, -0.25) is 14.9 Å². The zero-order chi connectivity index (χ0) is 20.2. The molecule has 2 aromatic rings. The Bertz CT molecular complexity index is 867. The molecule has 0 radical (unpaired) electrons. The van der Waals surface area contributed by atoms with Crippen LogP contribution in [-0.4, -0.2) is 23.4 Å². The van der Waals surface area contributed by atoms with Crippen LogP contribution in [-0.2, 0) is 14.9 Å². The second-order valence-electron chi connectivity index (χ2n) is 7.21. The summed E-state index contributed by atoms with van der Waals surface area (Å²) >= 11 is 0. The maximum Gasteiger partial charge on any atom is 0.338 e. The van der Waals surface area contributed by atoms with E-state index in [9.17, 15) is 19.7 Å². The summed E-state index contributed by atoms with van der Waals surface area (Å²) in [6.45, 7) is 7.37. The summed E-state index contributed by atoms with van der Waals surface area (Å²) in [5.74, 6) is -1.29. The number of hydrogen-bond acceptors (Lipinski definition) is 5. The molecule has 0 saturated carbocycles. The highest BCUT2D eigenvalue weighted by atomic mass is 16.6. The molecule has 0 fully saturated rings. The van der Waals surface area contributed by atoms with E-state index in [1.165, 1.54) is 12.1 Å². The van der Waals surface area contributed by atoms with Crippen LogP contribution in [0.3, 0.4) is 0 Å². The van der Waals surface area contributed by atoms with Crippen LogP contribution in [0.2, 0.25) is 0 Å². The number of nitrogens with one attached hydrogen (secondary N) is 1. The molecule has 0 aliphatic carbocycles. The minimum atomic E-state index is -0.795. The first-order chi connectivity index (χ1) is 12.6. The van der Waals surface area contributed by atoms with Crippen molar-refractivity contribution in [2.24, 2.45) is 0 Å². The minimum absolute atomic E-state index is 0.00865. The van der Waals surface area contributed by atoms with Crippen LogP contribution < -0.4 is 5.32 Å². The Labute approximate surface area is 157 Å². The van der Waals surface area contributed by atoms with Crippen molar-refractivity contribution in [3.05, 3.63) is 69.3 Å². The predicted molar refractivity (Wildman–Crippen MR) is 102 cm³/mol. The lowest BCUT2D eigenvalue weighted by Gasteiger charge is -2.19. The molecule has 0 unspecified atom stereocenters. The molecule has 0 bridgehead atoms. The third-order valence-corrected chi connectivity index (χ3v) is 4.01. The van der Waals surface area contributed by atoms with Gasteiger partial charge >= 0.3 is 5.97 Å². The number of carbonyl (C=O) groups excluding carboxylic acids is 2. The molecule has 0 atom stereocenters. The number of nitro benzene ring substituents is 1. The van der Waals surface area contributed by atoms with Gasteiger partial charge in [-0.1, -0.05) is 39.0 Å². The van der Waals surface area contributed by atoms with Crippen molar-refractivity contribution in [3.63, 3.8) is 0 Å². The predicted octanol–water partition coefficient (Wildman–Crippen LogP) is 4.00. The number of rotatable bonds is 5. The van der Waals surface area contributed by atoms with Gasteiger partial charge in [0, 0.05) is 17.3 Å². The van der Waals surface area contributed by atoms with E-state index < -0.39 is 23.4 Å². The third-order valence-electron chi connectivity index (χ3n) is 4.01. The van der Waals surface area contributed by atoms with Crippen LogP contribution >= 0.6 is 0 Å². The second-order valence-corrected chi connectivity index (χ2v) is 7.21. The molecule has 1 amide bonds. The Kier molecular flexibility index (Phi) is 5.95. The molecule has 0 aromatic heterocycles. The Morgan fingerprint density at radius 2 is 1.74 bits per heavy atom. The number of benzene rings is 2. The van der Waals surface area contributed by atoms with Crippen molar-refractivity contribution in [1.82, 2.24) is 0 Å². The number of anilines is 1. The summed E-state index contributed by atoms with van der Waals surface area (Å²) < 4.78 is 4.94. The number of nitro groups is 1. The normalized spacial score (nSPS) is 11.0. The number of nitrogens with zero attached hydrogens (tertiary/aromatic N) is 1. The minimum Gasteiger partial charge on any atom is -0.452 e. The van der Waals surface area contributed by atoms with Crippen molar-refractivity contribution < 1.29 is 19.2 Å². The Morgan fingerprint density at radius 1 is 1.11 bits per heavy atom. The smallest absolute Gasteiger partial charge is 0.338 e. The van der Waals surface area contributed by atoms with Gasteiger partial charge in [0.1, 0.15) is 0 Å². The average Bonchev–Trinajstić information content (AvgIpc) is 2.59. The number of amides is 1. The van der Waals surface area contributed by atoms with Crippen LogP contribution in [0.5, 0.6) is 0 Å². The van der Waals surface area contributed by atoms with E-state index in [0.29, 0.717) is 11.3 Å². The van der Waals surface area contributed by atoms with Gasteiger partial charge in [0.15, 0.2) is 6.61 Å². The molecule has 0 heterocycles. The van der Waals surface area contributed by atoms with Crippen LogP contribution in [0.15, 0.2) is 42.5 Å². The maximum atomic E-state index is 12.0. The summed E-state index contributed by atoms with van der Waals surface area (Å²) in [6.07, 6.45) is 0. The fourth-order valence-electron chi connectivity index (χ4n) is 2.40. The van der Waals surface area contributed by atoms with Crippen LogP contribution in [0.4, 0.5) is 11.4 Å². The van der Waals surface area contributed by atoms with Crippen LogP contribution in [0.1, 0.15) is 42.3 Å². The molecular formula is C20H22N2O5. The zero-order valence-electron chi connectivity index (χ0n) is 15.7. The van der Waals surface area contributed by atoms with Gasteiger partial charge in [-0.15, -0.1) is 0 Å². The standard InChI is InChI=1S/C20H22N2O5/c1-13-5-6-14(11-17(13)22(25)26)19(24)27-12-18(23)21-16-9-7-15(8-10-16)20(2,3)4/h5-11H,12H2,1-4H3,(H,21,23). The van der Waals surface area contributed by atoms with Gasteiger partial charge in [-0.2, -0.15) is 0 Å². The summed E-state index contributed by atoms with van der Waals surface area (Å²) in [4.78, 5) is 34.4. The molecule has 1 N–H and O–H groups in total. The monoisotopic (exact) mass is 370 g/mol. The highest BCUT2D eigenvalue weighted by Crippen LogP contribution is 2.23. The first-order valence-electron chi connectivity index (χ1n) is 8.40. The molecule has 0 saturated heterocycles. The first-order valence-corrected chi connectivity index (χ1v) is 8.40. The van der Waals surface area contributed by atoms with E-state index in [0.717, 1.165) is 11.6 Å². The van der Waals surface area contributed by atoms with Crippen molar-refractivity contribution in [2.75, 3.05) is 11.9 Å². The molecule has 142 valence electrons. The van der Waals surface area contributed by atoms with E-state index in [2.05, 4.69) is 26.1 Å². The van der Waals surface area contributed by atoms with Crippen molar-refractivity contribution in [2.45, 2.75) is 33.1 Å². The SMILES string of the molecule is Cc1ccc(C(=O)OCC(=O)Nc2ccc(C(C)(C)C)cc2)cc1[N+](=O)[O-]. The lowest BCUT2D eigenvalue weighted by atomic mass is 9.87. The largest absolute Gasteiger partial charge is 0.452 e. The van der Waals surface area contributed by atoms with Crippen LogP contribution in [0, 0.1) is 17.0 Å². The Balaban J connectivity index is 1.94. The van der Waals surface area contributed by atoms with Gasteiger partial charge in [0.05, 0.1) is 10.5 Å². The van der Waals surface area contributed by atoms with Gasteiger partial charge in [-0.25, -0.2) is 4.79 Å². The number of carbonyl (C=O) groups is 2. The van der Waals surface area contributed by atoms with Crippen molar-refractivity contribution in [1.29, 1.82) is 0 Å². The lowest BCUT2D eigenvalue weighted by molar-refractivity contribution is -0.385. The molecule has 2 aromatic carbocycles. The number of ether oxygens (including phenoxy) is 1. The highest BCUT2D eigenvalue weighted by molar-refractivity contribution is 5.95. The maximum absolute atomic E-state index is 12.0. The second kappa shape index (κ2) is 7.99. The summed E-state index contributed by atoms with van der Waals surface area (Å²) in [7, 11) is 0. The topological polar surface area (TPSA) is 98.5 Å². The van der Waals surface area contributed by atoms with Crippen molar-refractivity contribution >= 4 is 23.3 Å². The van der Waals surface area contributed by atoms with Crippen LogP contribution in [0.25, 0.3) is 0 Å². The fourth-order valence-corrected chi connectivity index (χ4v) is 2.40. The zero-order valence-corrected chi connectivity index (χ0v) is 15.7. The molecule has 2 rings (SSSR count). The van der Waals surface area contributed by atoms with E-state index in [4.69, 9.17) is 4.74 Å². The van der Waals surface area contributed by atoms with E-state index >= 15 is 0 Å². The summed E-state index contributed by atoms with van der Waals surface area (Å²) in [6, 6.07) is 11.4. The van der Waals surface area contributed by atoms with Gasteiger partial charge in [0.2, 0.25) is 0 Å². The average molecular weight is 370 g/mol. The molecule has 7 nitrogen and oxygen atoms in total. The Morgan fingerprint density at radius 3 is 2.30 bits per heavy atom. The molecular weight excluding hydrogens is 348 g/mol. The van der Waals surface area contributed by atoms with E-state index in [-0.39, 0.29) is 16.7 Å². The third kappa shape index (κ3) is 5.37. The van der Waals surface area contributed by atoms with Gasteiger partial charge in [0.25, 0.3) is 11.6 Å². The first kappa shape index (κ1) is 20.1. The summed E-state index contributed by atoms with van der Waals surface area (Å²) in [5, 5.41) is 13.6. The lowest BCUT2D eigenvalue weighted by Crippen LogP contribution is -2.21. The van der Waals surface area contributed by atoms with Gasteiger partial charge < -0.3 is 10.1 Å². The Hall–Kier alpha value is -3.22. The summed E-state index contributed by atoms with van der Waals surface area (Å²) in [5.41, 5.74) is 2.02. The van der Waals surface area contributed by atoms with Gasteiger partial charge in [-0.05, 0) is 36.1 Å². The molecule has 0 spiro atoms. The molecule has 7 heteroatoms. The van der Waals surface area contributed by atoms with E-state index in [1.807, 2.05) is 12.1 Å². The highest BCUT2D eigenvalue weighted by Gasteiger charge is 2.17. The number of esters is 1.